The van der Waals surface area contributed by atoms with Gasteiger partial charge in [0.25, 0.3) is 0 Å². The largest absolute Gasteiger partial charge is 0.317 e. The van der Waals surface area contributed by atoms with Gasteiger partial charge in [0, 0.05) is 12.2 Å². The van der Waals surface area contributed by atoms with E-state index in [1.807, 2.05) is 0 Å². The first kappa shape index (κ1) is 10.7. The second kappa shape index (κ2) is 4.79. The highest BCUT2D eigenvalue weighted by atomic mass is 15.3. The minimum atomic E-state index is 0.528. The molecule has 1 atom stereocenters. The lowest BCUT2D eigenvalue weighted by Crippen LogP contribution is -2.26. The topological polar surface area (TPSA) is 29.9 Å². The molecule has 1 aromatic heterocycles. The van der Waals surface area contributed by atoms with Crippen molar-refractivity contribution in [3.8, 4) is 0 Å². The third-order valence-electron chi connectivity index (χ3n) is 3.47. The monoisotopic (exact) mass is 207 g/mol. The maximum atomic E-state index is 4.46. The van der Waals surface area contributed by atoms with Crippen LogP contribution in [0.25, 0.3) is 0 Å². The van der Waals surface area contributed by atoms with Crippen LogP contribution in [0.3, 0.4) is 0 Å². The zero-order valence-electron chi connectivity index (χ0n) is 9.74. The van der Waals surface area contributed by atoms with Crippen LogP contribution in [-0.4, -0.2) is 22.9 Å². The molecule has 0 bridgehead atoms. The lowest BCUT2D eigenvalue weighted by atomic mass is 9.93. The molecule has 0 unspecified atom stereocenters. The maximum Gasteiger partial charge on any atom is 0.0524 e. The molecule has 1 aromatic rings. The SMILES string of the molecule is CC[C@@H](C)n1cc(C2CCNCC2)cn1. The fourth-order valence-electron chi connectivity index (χ4n) is 2.15. The van der Waals surface area contributed by atoms with Crippen molar-refractivity contribution in [3.05, 3.63) is 18.0 Å². The fourth-order valence-corrected chi connectivity index (χ4v) is 2.15. The van der Waals surface area contributed by atoms with Gasteiger partial charge in [0.05, 0.1) is 6.20 Å². The summed E-state index contributed by atoms with van der Waals surface area (Å²) in [5.74, 6) is 0.726. The molecule has 2 rings (SSSR count). The van der Waals surface area contributed by atoms with Crippen molar-refractivity contribution in [1.82, 2.24) is 15.1 Å². The first-order chi connectivity index (χ1) is 7.31. The number of piperidine rings is 1. The quantitative estimate of drug-likeness (QED) is 0.824. The summed E-state index contributed by atoms with van der Waals surface area (Å²) in [5, 5.41) is 7.86. The first-order valence-electron chi connectivity index (χ1n) is 6.06. The molecule has 3 heteroatoms. The van der Waals surface area contributed by atoms with E-state index in [0.29, 0.717) is 6.04 Å². The minimum Gasteiger partial charge on any atom is -0.317 e. The second-order valence-electron chi connectivity index (χ2n) is 4.54. The molecule has 1 saturated heterocycles. The number of nitrogens with zero attached hydrogens (tertiary/aromatic N) is 2. The Bertz CT molecular complexity index is 300. The van der Waals surface area contributed by atoms with Crippen LogP contribution in [0.4, 0.5) is 0 Å². The van der Waals surface area contributed by atoms with Crippen LogP contribution in [-0.2, 0) is 0 Å². The predicted molar refractivity (Wildman–Crippen MR) is 62.1 cm³/mol. The molecule has 15 heavy (non-hydrogen) atoms. The summed E-state index contributed by atoms with van der Waals surface area (Å²) in [6.07, 6.45) is 7.96. The molecule has 0 radical (unpaired) electrons. The van der Waals surface area contributed by atoms with Crippen molar-refractivity contribution in [1.29, 1.82) is 0 Å². The van der Waals surface area contributed by atoms with Gasteiger partial charge in [-0.05, 0) is 50.8 Å². The summed E-state index contributed by atoms with van der Waals surface area (Å²) in [7, 11) is 0. The van der Waals surface area contributed by atoms with Crippen LogP contribution >= 0.6 is 0 Å². The van der Waals surface area contributed by atoms with Gasteiger partial charge in [-0.1, -0.05) is 6.92 Å². The minimum absolute atomic E-state index is 0.528. The number of rotatable bonds is 3. The maximum absolute atomic E-state index is 4.46. The zero-order valence-corrected chi connectivity index (χ0v) is 9.74. The Labute approximate surface area is 91.9 Å². The second-order valence-corrected chi connectivity index (χ2v) is 4.54. The van der Waals surface area contributed by atoms with Crippen molar-refractivity contribution in [2.75, 3.05) is 13.1 Å². The smallest absolute Gasteiger partial charge is 0.0524 e. The molecular weight excluding hydrogens is 186 g/mol. The summed E-state index contributed by atoms with van der Waals surface area (Å²) in [6.45, 7) is 6.73. The van der Waals surface area contributed by atoms with E-state index in [-0.39, 0.29) is 0 Å². The third kappa shape index (κ3) is 2.40. The van der Waals surface area contributed by atoms with Gasteiger partial charge in [-0.3, -0.25) is 4.68 Å². The summed E-state index contributed by atoms with van der Waals surface area (Å²) in [4.78, 5) is 0. The van der Waals surface area contributed by atoms with E-state index >= 15 is 0 Å². The Morgan fingerprint density at radius 3 is 2.93 bits per heavy atom. The highest BCUT2D eigenvalue weighted by molar-refractivity contribution is 5.12. The molecular formula is C12H21N3. The van der Waals surface area contributed by atoms with Gasteiger partial charge in [0.2, 0.25) is 0 Å². The number of hydrogen-bond acceptors (Lipinski definition) is 2. The fraction of sp³-hybridized carbons (Fsp3) is 0.750. The molecule has 1 N–H and O–H groups in total. The van der Waals surface area contributed by atoms with Gasteiger partial charge in [0.1, 0.15) is 0 Å². The van der Waals surface area contributed by atoms with Gasteiger partial charge in [0.15, 0.2) is 0 Å². The Kier molecular flexibility index (Phi) is 3.41. The molecule has 0 aliphatic carbocycles. The van der Waals surface area contributed by atoms with Crippen molar-refractivity contribution in [2.24, 2.45) is 0 Å². The van der Waals surface area contributed by atoms with Crippen LogP contribution < -0.4 is 5.32 Å². The summed E-state index contributed by atoms with van der Waals surface area (Å²) >= 11 is 0. The predicted octanol–water partition coefficient (Wildman–Crippen LogP) is 2.32. The van der Waals surface area contributed by atoms with E-state index in [0.717, 1.165) is 25.4 Å². The molecule has 3 nitrogen and oxygen atoms in total. The van der Waals surface area contributed by atoms with Crippen molar-refractivity contribution < 1.29 is 0 Å². The summed E-state index contributed by atoms with van der Waals surface area (Å²) in [6, 6.07) is 0.528. The molecule has 84 valence electrons. The van der Waals surface area contributed by atoms with Gasteiger partial charge in [-0.2, -0.15) is 5.10 Å². The Balaban J connectivity index is 2.05. The van der Waals surface area contributed by atoms with Crippen LogP contribution in [0.5, 0.6) is 0 Å². The zero-order chi connectivity index (χ0) is 10.7. The molecule has 0 saturated carbocycles. The average Bonchev–Trinajstić information content (AvgIpc) is 2.78. The highest BCUT2D eigenvalue weighted by Crippen LogP contribution is 2.25. The van der Waals surface area contributed by atoms with Crippen molar-refractivity contribution >= 4 is 0 Å². The number of nitrogens with one attached hydrogen (secondary N) is 1. The summed E-state index contributed by atoms with van der Waals surface area (Å²) in [5.41, 5.74) is 1.43. The molecule has 0 amide bonds. The molecule has 1 fully saturated rings. The number of hydrogen-bond donors (Lipinski definition) is 1. The lowest BCUT2D eigenvalue weighted by molar-refractivity contribution is 0.456. The van der Waals surface area contributed by atoms with Gasteiger partial charge < -0.3 is 5.32 Å². The van der Waals surface area contributed by atoms with Crippen molar-refractivity contribution in [3.63, 3.8) is 0 Å². The van der Waals surface area contributed by atoms with Crippen LogP contribution in [0.15, 0.2) is 12.4 Å². The average molecular weight is 207 g/mol. The molecule has 0 spiro atoms. The van der Waals surface area contributed by atoms with Crippen LogP contribution in [0.1, 0.15) is 50.6 Å². The first-order valence-corrected chi connectivity index (χ1v) is 6.06. The van der Waals surface area contributed by atoms with E-state index in [1.165, 1.54) is 18.4 Å². The Morgan fingerprint density at radius 2 is 2.27 bits per heavy atom. The van der Waals surface area contributed by atoms with Crippen molar-refractivity contribution in [2.45, 2.75) is 45.1 Å². The lowest BCUT2D eigenvalue weighted by Gasteiger charge is -2.21. The van der Waals surface area contributed by atoms with E-state index in [4.69, 9.17) is 0 Å². The van der Waals surface area contributed by atoms with E-state index in [2.05, 4.69) is 41.3 Å². The standard InChI is InChI=1S/C12H21N3/c1-3-10(2)15-9-12(8-14-15)11-4-6-13-7-5-11/h8-11,13H,3-7H2,1-2H3/t10-/m1/s1. The number of aromatic nitrogens is 2. The third-order valence-corrected chi connectivity index (χ3v) is 3.47. The van der Waals surface area contributed by atoms with Gasteiger partial charge in [-0.25, -0.2) is 0 Å². The van der Waals surface area contributed by atoms with Crippen LogP contribution in [0, 0.1) is 0 Å². The molecule has 1 aliphatic rings. The molecule has 0 aromatic carbocycles. The highest BCUT2D eigenvalue weighted by Gasteiger charge is 2.17. The summed E-state index contributed by atoms with van der Waals surface area (Å²) < 4.78 is 2.11. The van der Waals surface area contributed by atoms with Gasteiger partial charge in [-0.15, -0.1) is 0 Å². The Hall–Kier alpha value is -0.830. The van der Waals surface area contributed by atoms with Gasteiger partial charge >= 0.3 is 0 Å². The molecule has 1 aliphatic heterocycles. The molecule has 2 heterocycles. The van der Waals surface area contributed by atoms with E-state index in [9.17, 15) is 0 Å². The van der Waals surface area contributed by atoms with Crippen LogP contribution in [0.2, 0.25) is 0 Å². The van der Waals surface area contributed by atoms with E-state index in [1.54, 1.807) is 0 Å². The Morgan fingerprint density at radius 1 is 1.53 bits per heavy atom. The normalized spacial score (nSPS) is 20.4. The van der Waals surface area contributed by atoms with E-state index < -0.39 is 0 Å².